The maximum atomic E-state index is 10.6. The lowest BCUT2D eigenvalue weighted by Crippen LogP contribution is -2.53. The number of aromatic nitrogens is 2. The molecule has 190 valence electrons. The van der Waals surface area contributed by atoms with Crippen molar-refractivity contribution in [1.82, 2.24) is 19.9 Å². The Bertz CT molecular complexity index is 1340. The van der Waals surface area contributed by atoms with E-state index in [0.29, 0.717) is 34.9 Å². The molecule has 2 atom stereocenters. The topological polar surface area (TPSA) is 74.9 Å². The van der Waals surface area contributed by atoms with Gasteiger partial charge in [-0.3, -0.25) is 9.80 Å². The molecular formula is C26H28Cl2N4O3S. The van der Waals surface area contributed by atoms with Crippen LogP contribution >= 0.6 is 34.5 Å². The van der Waals surface area contributed by atoms with Crippen molar-refractivity contribution in [2.24, 2.45) is 0 Å². The number of benzene rings is 2. The minimum absolute atomic E-state index is 0.250. The van der Waals surface area contributed by atoms with Crippen molar-refractivity contribution in [3.8, 4) is 17.1 Å². The summed E-state index contributed by atoms with van der Waals surface area (Å²) in [5.74, 6) is 1.40. The van der Waals surface area contributed by atoms with E-state index in [1.54, 1.807) is 23.5 Å². The van der Waals surface area contributed by atoms with Crippen LogP contribution in [0.1, 0.15) is 17.6 Å². The Hall–Kier alpha value is -2.20. The third-order valence-corrected chi connectivity index (χ3v) is 8.05. The second kappa shape index (κ2) is 11.0. The lowest BCUT2D eigenvalue weighted by atomic mass is 10.1. The Morgan fingerprint density at radius 2 is 2.03 bits per heavy atom. The van der Waals surface area contributed by atoms with Crippen molar-refractivity contribution >= 4 is 44.8 Å². The maximum Gasteiger partial charge on any atom is 0.167 e. The van der Waals surface area contributed by atoms with E-state index in [9.17, 15) is 5.11 Å². The molecule has 1 fully saturated rings. The van der Waals surface area contributed by atoms with Crippen molar-refractivity contribution in [3.05, 3.63) is 63.2 Å². The van der Waals surface area contributed by atoms with Crippen LogP contribution in [-0.2, 0) is 6.54 Å². The molecule has 4 aromatic rings. The van der Waals surface area contributed by atoms with Crippen LogP contribution in [0.5, 0.6) is 5.75 Å². The van der Waals surface area contributed by atoms with Crippen LogP contribution in [0.25, 0.3) is 21.5 Å². The number of hydrogen-bond acceptors (Lipinski definition) is 8. The Morgan fingerprint density at radius 1 is 1.17 bits per heavy atom. The summed E-state index contributed by atoms with van der Waals surface area (Å²) in [4.78, 5) is 9.17. The first-order chi connectivity index (χ1) is 17.3. The molecule has 0 aliphatic carbocycles. The van der Waals surface area contributed by atoms with Gasteiger partial charge in [-0.2, -0.15) is 0 Å². The molecule has 0 unspecified atom stereocenters. The monoisotopic (exact) mass is 546 g/mol. The Labute approximate surface area is 224 Å². The fourth-order valence-electron chi connectivity index (χ4n) is 4.51. The zero-order valence-electron chi connectivity index (χ0n) is 20.2. The van der Waals surface area contributed by atoms with E-state index in [4.69, 9.17) is 32.5 Å². The minimum Gasteiger partial charge on any atom is -0.491 e. The molecule has 0 bridgehead atoms. The SMILES string of the molecule is Cc1nc2cc(OC[C@H](O)CN3CCN(Cc4cc(-c5ccc(Cl)c(Cl)c5)on4)[C@H](C)C3)ccc2s1. The Kier molecular flexibility index (Phi) is 7.81. The number of halogens is 2. The summed E-state index contributed by atoms with van der Waals surface area (Å²) in [6.45, 7) is 8.31. The quantitative estimate of drug-likeness (QED) is 0.312. The molecule has 1 aliphatic rings. The van der Waals surface area contributed by atoms with Gasteiger partial charge in [0, 0.05) is 56.5 Å². The molecule has 7 nitrogen and oxygen atoms in total. The number of piperazine rings is 1. The van der Waals surface area contributed by atoms with Gasteiger partial charge in [0.2, 0.25) is 0 Å². The molecule has 0 spiro atoms. The summed E-state index contributed by atoms with van der Waals surface area (Å²) in [6, 6.07) is 13.5. The third-order valence-electron chi connectivity index (χ3n) is 6.35. The maximum absolute atomic E-state index is 10.6. The van der Waals surface area contributed by atoms with Gasteiger partial charge in [-0.15, -0.1) is 11.3 Å². The number of β-amino-alcohol motifs (C(OH)–C–C–N with tert-alkyl or cyclic N) is 1. The summed E-state index contributed by atoms with van der Waals surface area (Å²) in [5, 5.41) is 16.9. The molecule has 5 rings (SSSR count). The highest BCUT2D eigenvalue weighted by Gasteiger charge is 2.26. The predicted molar refractivity (Wildman–Crippen MR) is 144 cm³/mol. The lowest BCUT2D eigenvalue weighted by Gasteiger charge is -2.40. The van der Waals surface area contributed by atoms with Crippen molar-refractivity contribution in [2.45, 2.75) is 32.5 Å². The standard InChI is InChI=1S/C26H28Cl2N4O3S/c1-16-12-31(14-20(33)15-34-21-4-6-26-24(11-21)29-17(2)36-26)7-8-32(16)13-19-10-25(35-30-19)18-3-5-22(27)23(28)9-18/h3-6,9-11,16,20,33H,7-8,12-15H2,1-2H3/t16-,20-/m1/s1. The van der Waals surface area contributed by atoms with Crippen LogP contribution < -0.4 is 4.74 Å². The van der Waals surface area contributed by atoms with Crippen LogP contribution in [-0.4, -0.2) is 70.0 Å². The van der Waals surface area contributed by atoms with Gasteiger partial charge < -0.3 is 14.4 Å². The van der Waals surface area contributed by atoms with Crippen LogP contribution in [0.2, 0.25) is 10.0 Å². The zero-order chi connectivity index (χ0) is 25.2. The first-order valence-electron chi connectivity index (χ1n) is 11.9. The molecule has 2 aromatic heterocycles. The van der Waals surface area contributed by atoms with E-state index in [2.05, 4.69) is 26.9 Å². The number of aliphatic hydroxyl groups excluding tert-OH is 1. The highest BCUT2D eigenvalue weighted by molar-refractivity contribution is 7.18. The van der Waals surface area contributed by atoms with E-state index in [-0.39, 0.29) is 6.61 Å². The molecule has 0 amide bonds. The van der Waals surface area contributed by atoms with Gasteiger partial charge in [0.05, 0.1) is 31.0 Å². The predicted octanol–water partition coefficient (Wildman–Crippen LogP) is 5.51. The van der Waals surface area contributed by atoms with E-state index < -0.39 is 6.10 Å². The fraction of sp³-hybridized carbons (Fsp3) is 0.385. The summed E-state index contributed by atoms with van der Waals surface area (Å²) < 4.78 is 12.5. The molecule has 0 saturated carbocycles. The molecule has 3 heterocycles. The molecule has 10 heteroatoms. The second-order valence-corrected chi connectivity index (χ2v) is 11.3. The zero-order valence-corrected chi connectivity index (χ0v) is 22.5. The summed E-state index contributed by atoms with van der Waals surface area (Å²) in [7, 11) is 0. The summed E-state index contributed by atoms with van der Waals surface area (Å²) in [6.07, 6.45) is -0.569. The summed E-state index contributed by atoms with van der Waals surface area (Å²) >= 11 is 13.8. The average Bonchev–Trinajstić information content (AvgIpc) is 3.46. The smallest absolute Gasteiger partial charge is 0.167 e. The highest BCUT2D eigenvalue weighted by Crippen LogP contribution is 2.29. The molecule has 36 heavy (non-hydrogen) atoms. The first-order valence-corrected chi connectivity index (χ1v) is 13.5. The van der Waals surface area contributed by atoms with Crippen molar-refractivity contribution in [3.63, 3.8) is 0 Å². The molecule has 1 aliphatic heterocycles. The lowest BCUT2D eigenvalue weighted by molar-refractivity contribution is 0.0250. The number of hydrogen-bond donors (Lipinski definition) is 1. The largest absolute Gasteiger partial charge is 0.491 e. The van der Waals surface area contributed by atoms with Crippen LogP contribution in [0, 0.1) is 6.92 Å². The molecule has 0 radical (unpaired) electrons. The average molecular weight is 548 g/mol. The fourth-order valence-corrected chi connectivity index (χ4v) is 5.61. The van der Waals surface area contributed by atoms with Gasteiger partial charge in [-0.05, 0) is 44.2 Å². The van der Waals surface area contributed by atoms with Crippen molar-refractivity contribution in [2.75, 3.05) is 32.8 Å². The number of ether oxygens (including phenoxy) is 1. The Morgan fingerprint density at radius 3 is 2.83 bits per heavy atom. The third kappa shape index (κ3) is 6.02. The van der Waals surface area contributed by atoms with Gasteiger partial charge >= 0.3 is 0 Å². The van der Waals surface area contributed by atoms with Crippen LogP contribution in [0.3, 0.4) is 0 Å². The number of nitrogens with zero attached hydrogens (tertiary/aromatic N) is 4. The van der Waals surface area contributed by atoms with Gasteiger partial charge in [0.25, 0.3) is 0 Å². The number of rotatable bonds is 8. The molecular weight excluding hydrogens is 519 g/mol. The van der Waals surface area contributed by atoms with Gasteiger partial charge in [0.15, 0.2) is 5.76 Å². The molecule has 2 aromatic carbocycles. The van der Waals surface area contributed by atoms with Crippen LogP contribution in [0.15, 0.2) is 47.0 Å². The van der Waals surface area contributed by atoms with E-state index >= 15 is 0 Å². The van der Waals surface area contributed by atoms with Gasteiger partial charge in [-0.1, -0.05) is 28.4 Å². The van der Waals surface area contributed by atoms with E-state index in [1.807, 2.05) is 37.3 Å². The molecule has 1 N–H and O–H groups in total. The highest BCUT2D eigenvalue weighted by atomic mass is 35.5. The van der Waals surface area contributed by atoms with Gasteiger partial charge in [0.1, 0.15) is 18.5 Å². The Balaban J connectivity index is 1.10. The van der Waals surface area contributed by atoms with E-state index in [0.717, 1.165) is 51.9 Å². The van der Waals surface area contributed by atoms with Gasteiger partial charge in [-0.25, -0.2) is 4.98 Å². The van der Waals surface area contributed by atoms with Crippen molar-refractivity contribution < 1.29 is 14.4 Å². The number of aliphatic hydroxyl groups is 1. The van der Waals surface area contributed by atoms with E-state index in [1.165, 1.54) is 0 Å². The minimum atomic E-state index is -0.569. The number of fused-ring (bicyclic) bond motifs is 1. The molecule has 1 saturated heterocycles. The van der Waals surface area contributed by atoms with Crippen LogP contribution in [0.4, 0.5) is 0 Å². The normalized spacial score (nSPS) is 18.1. The van der Waals surface area contributed by atoms with Crippen molar-refractivity contribution in [1.29, 1.82) is 0 Å². The summed E-state index contributed by atoms with van der Waals surface area (Å²) in [5.41, 5.74) is 2.65. The number of thiazole rings is 1. The number of aryl methyl sites for hydroxylation is 1. The first kappa shape index (κ1) is 25.4. The second-order valence-electron chi connectivity index (χ2n) is 9.22.